The van der Waals surface area contributed by atoms with Gasteiger partial charge in [-0.25, -0.2) is 14.4 Å². The molecule has 3 aromatic rings. The van der Waals surface area contributed by atoms with Crippen LogP contribution in [0.2, 0.25) is 5.02 Å². The molecule has 0 unspecified atom stereocenters. The van der Waals surface area contributed by atoms with Crippen LogP contribution in [0.1, 0.15) is 0 Å². The van der Waals surface area contributed by atoms with Crippen molar-refractivity contribution in [3.8, 4) is 5.75 Å². The predicted octanol–water partition coefficient (Wildman–Crippen LogP) is 3.21. The third-order valence-corrected chi connectivity index (χ3v) is 5.53. The molecule has 1 aromatic carbocycles. The number of carbonyl (C=O) groups excluding carboxylic acids is 1. The Kier molecular flexibility index (Phi) is 5.09. The molecule has 9 heteroatoms. The van der Waals surface area contributed by atoms with Crippen LogP contribution in [-0.2, 0) is 4.79 Å². The van der Waals surface area contributed by atoms with Crippen LogP contribution < -0.4 is 9.64 Å². The second-order valence-electron chi connectivity index (χ2n) is 6.07. The minimum Gasteiger partial charge on any atom is -0.482 e. The highest BCUT2D eigenvalue weighted by Crippen LogP contribution is 2.27. The molecule has 1 amide bonds. The fourth-order valence-corrected chi connectivity index (χ4v) is 3.97. The molecule has 0 aliphatic carbocycles. The van der Waals surface area contributed by atoms with Crippen LogP contribution in [0, 0.1) is 5.82 Å². The molecule has 0 saturated carbocycles. The van der Waals surface area contributed by atoms with E-state index in [4.69, 9.17) is 16.3 Å². The van der Waals surface area contributed by atoms with Gasteiger partial charge in [0.15, 0.2) is 6.61 Å². The maximum atomic E-state index is 13.1. The number of nitrogens with zero attached hydrogens (tertiary/aromatic N) is 4. The van der Waals surface area contributed by atoms with Gasteiger partial charge >= 0.3 is 0 Å². The monoisotopic (exact) mass is 406 g/mol. The molecule has 1 fully saturated rings. The third-order valence-electron chi connectivity index (χ3n) is 4.42. The summed E-state index contributed by atoms with van der Waals surface area (Å²) in [5.74, 6) is 0.631. The number of anilines is 1. The molecule has 0 spiro atoms. The van der Waals surface area contributed by atoms with Crippen LogP contribution in [0.5, 0.6) is 5.75 Å². The molecule has 27 heavy (non-hydrogen) atoms. The van der Waals surface area contributed by atoms with E-state index in [-0.39, 0.29) is 17.5 Å². The Morgan fingerprint density at radius 3 is 2.81 bits per heavy atom. The number of amides is 1. The lowest BCUT2D eigenvalue weighted by Gasteiger charge is -2.35. The summed E-state index contributed by atoms with van der Waals surface area (Å²) in [6.07, 6.45) is 1.58. The van der Waals surface area contributed by atoms with E-state index in [0.717, 1.165) is 22.1 Å². The van der Waals surface area contributed by atoms with E-state index in [2.05, 4.69) is 14.9 Å². The zero-order valence-electron chi connectivity index (χ0n) is 14.3. The molecule has 1 aliphatic rings. The quantitative estimate of drug-likeness (QED) is 0.666. The van der Waals surface area contributed by atoms with Crippen molar-refractivity contribution in [2.24, 2.45) is 0 Å². The summed E-state index contributed by atoms with van der Waals surface area (Å²) in [5.41, 5.74) is 0. The first kappa shape index (κ1) is 17.9. The largest absolute Gasteiger partial charge is 0.482 e. The Morgan fingerprint density at radius 2 is 2.04 bits per heavy atom. The highest BCUT2D eigenvalue weighted by molar-refractivity contribution is 7.16. The van der Waals surface area contributed by atoms with Gasteiger partial charge in [0.05, 0.1) is 10.4 Å². The molecule has 0 radical (unpaired) electrons. The van der Waals surface area contributed by atoms with E-state index in [1.54, 1.807) is 22.6 Å². The van der Waals surface area contributed by atoms with Crippen molar-refractivity contribution >= 4 is 44.9 Å². The van der Waals surface area contributed by atoms with E-state index in [1.165, 1.54) is 12.1 Å². The SMILES string of the molecule is O=C(COc1ccc(F)cc1Cl)N1CCN(c2ncnc3sccc23)CC1. The lowest BCUT2D eigenvalue weighted by atomic mass is 10.2. The number of ether oxygens (including phenoxy) is 1. The summed E-state index contributed by atoms with van der Waals surface area (Å²) in [7, 11) is 0. The Balaban J connectivity index is 1.35. The number of thiophene rings is 1. The van der Waals surface area contributed by atoms with Crippen LogP contribution in [0.15, 0.2) is 36.0 Å². The van der Waals surface area contributed by atoms with Gasteiger partial charge in [-0.05, 0) is 29.6 Å². The molecule has 3 heterocycles. The Labute approximate surface area is 164 Å². The molecule has 2 aromatic heterocycles. The average Bonchev–Trinajstić information content (AvgIpc) is 3.16. The third kappa shape index (κ3) is 3.81. The molecule has 4 rings (SSSR count). The fourth-order valence-electron chi connectivity index (χ4n) is 3.02. The van der Waals surface area contributed by atoms with Gasteiger partial charge < -0.3 is 14.5 Å². The van der Waals surface area contributed by atoms with Gasteiger partial charge in [-0.15, -0.1) is 11.3 Å². The average molecular weight is 407 g/mol. The van der Waals surface area contributed by atoms with E-state index < -0.39 is 5.82 Å². The van der Waals surface area contributed by atoms with Gasteiger partial charge in [0, 0.05) is 26.2 Å². The number of halogens is 2. The zero-order chi connectivity index (χ0) is 18.8. The van der Waals surface area contributed by atoms with Gasteiger partial charge in [0.2, 0.25) is 0 Å². The van der Waals surface area contributed by atoms with E-state index in [9.17, 15) is 9.18 Å². The second-order valence-corrected chi connectivity index (χ2v) is 7.37. The van der Waals surface area contributed by atoms with E-state index in [1.807, 2.05) is 11.4 Å². The Bertz CT molecular complexity index is 975. The molecule has 0 N–H and O–H groups in total. The summed E-state index contributed by atoms with van der Waals surface area (Å²) in [6, 6.07) is 5.85. The lowest BCUT2D eigenvalue weighted by Crippen LogP contribution is -2.50. The zero-order valence-corrected chi connectivity index (χ0v) is 15.8. The molecular weight excluding hydrogens is 391 g/mol. The van der Waals surface area contributed by atoms with Crippen LogP contribution in [0.3, 0.4) is 0 Å². The highest BCUT2D eigenvalue weighted by Gasteiger charge is 2.23. The number of aromatic nitrogens is 2. The van der Waals surface area contributed by atoms with Gasteiger partial charge in [-0.3, -0.25) is 4.79 Å². The minimum atomic E-state index is -0.445. The number of benzene rings is 1. The van der Waals surface area contributed by atoms with E-state index in [0.29, 0.717) is 31.9 Å². The molecule has 140 valence electrons. The summed E-state index contributed by atoms with van der Waals surface area (Å²) in [5, 5.41) is 3.19. The van der Waals surface area contributed by atoms with Crippen LogP contribution >= 0.6 is 22.9 Å². The Hall–Kier alpha value is -2.45. The molecule has 0 atom stereocenters. The van der Waals surface area contributed by atoms with Gasteiger partial charge in [0.1, 0.15) is 28.5 Å². The second kappa shape index (κ2) is 7.66. The fraction of sp³-hybridized carbons (Fsp3) is 0.278. The van der Waals surface area contributed by atoms with Crippen molar-refractivity contribution in [1.29, 1.82) is 0 Å². The Morgan fingerprint density at radius 1 is 1.22 bits per heavy atom. The van der Waals surface area contributed by atoms with Crippen LogP contribution in [0.4, 0.5) is 10.2 Å². The summed E-state index contributed by atoms with van der Waals surface area (Å²) >= 11 is 7.50. The number of carbonyl (C=O) groups is 1. The topological polar surface area (TPSA) is 58.6 Å². The predicted molar refractivity (Wildman–Crippen MR) is 103 cm³/mol. The van der Waals surface area contributed by atoms with Crippen molar-refractivity contribution < 1.29 is 13.9 Å². The van der Waals surface area contributed by atoms with Gasteiger partial charge in [0.25, 0.3) is 5.91 Å². The van der Waals surface area contributed by atoms with Gasteiger partial charge in [-0.1, -0.05) is 11.6 Å². The maximum Gasteiger partial charge on any atom is 0.260 e. The minimum absolute atomic E-state index is 0.126. The van der Waals surface area contributed by atoms with Crippen molar-refractivity contribution in [3.05, 3.63) is 46.8 Å². The smallest absolute Gasteiger partial charge is 0.260 e. The summed E-state index contributed by atoms with van der Waals surface area (Å²) in [4.78, 5) is 26.0. The van der Waals surface area contributed by atoms with Crippen LogP contribution in [-0.4, -0.2) is 53.6 Å². The van der Waals surface area contributed by atoms with E-state index >= 15 is 0 Å². The maximum absolute atomic E-state index is 13.1. The molecule has 6 nitrogen and oxygen atoms in total. The van der Waals surface area contributed by atoms with Crippen molar-refractivity contribution in [2.75, 3.05) is 37.7 Å². The van der Waals surface area contributed by atoms with Crippen LogP contribution in [0.25, 0.3) is 10.2 Å². The molecule has 1 saturated heterocycles. The number of piperazine rings is 1. The molecule has 1 aliphatic heterocycles. The van der Waals surface area contributed by atoms with Crippen molar-refractivity contribution in [3.63, 3.8) is 0 Å². The number of hydrogen-bond donors (Lipinski definition) is 0. The standard InChI is InChI=1S/C18H16ClFN4O2S/c19-14-9-12(20)1-2-15(14)26-10-16(25)23-4-6-24(7-5-23)17-13-3-8-27-18(13)22-11-21-17/h1-3,8-9,11H,4-7,10H2. The normalized spacial score (nSPS) is 14.6. The van der Waals surface area contributed by atoms with Crippen molar-refractivity contribution in [1.82, 2.24) is 14.9 Å². The lowest BCUT2D eigenvalue weighted by molar-refractivity contribution is -0.133. The first-order valence-electron chi connectivity index (χ1n) is 8.40. The number of rotatable bonds is 4. The highest BCUT2D eigenvalue weighted by atomic mass is 35.5. The first-order valence-corrected chi connectivity index (χ1v) is 9.66. The number of hydrogen-bond acceptors (Lipinski definition) is 6. The molecular formula is C18H16ClFN4O2S. The van der Waals surface area contributed by atoms with Crippen molar-refractivity contribution in [2.45, 2.75) is 0 Å². The summed E-state index contributed by atoms with van der Waals surface area (Å²) in [6.45, 7) is 2.40. The first-order chi connectivity index (χ1) is 13.1. The van der Waals surface area contributed by atoms with Gasteiger partial charge in [-0.2, -0.15) is 0 Å². The molecule has 0 bridgehead atoms. The summed E-state index contributed by atoms with van der Waals surface area (Å²) < 4.78 is 18.5. The number of fused-ring (bicyclic) bond motifs is 1.